The Hall–Kier alpha value is -1.85. The molecule has 0 saturated heterocycles. The van der Waals surface area contributed by atoms with E-state index in [1.807, 2.05) is 12.1 Å². The Labute approximate surface area is 130 Å². The molecule has 2 rings (SSSR count). The van der Waals surface area contributed by atoms with Gasteiger partial charge in [-0.05, 0) is 23.1 Å². The third-order valence-corrected chi connectivity index (χ3v) is 3.26. The van der Waals surface area contributed by atoms with Crippen molar-refractivity contribution in [2.24, 2.45) is 5.73 Å². The van der Waals surface area contributed by atoms with Crippen LogP contribution in [0.4, 0.5) is 0 Å². The lowest BCUT2D eigenvalue weighted by atomic mass is 9.99. The zero-order chi connectivity index (χ0) is 14.5. The van der Waals surface area contributed by atoms with E-state index in [2.05, 4.69) is 41.5 Å². The molecule has 1 atom stereocenters. The molecule has 21 heavy (non-hydrogen) atoms. The summed E-state index contributed by atoms with van der Waals surface area (Å²) >= 11 is 0. The molecule has 0 radical (unpaired) electrons. The quantitative estimate of drug-likeness (QED) is 0.793. The third kappa shape index (κ3) is 4.58. The number of aromatic amines is 1. The van der Waals surface area contributed by atoms with Gasteiger partial charge in [0.05, 0.1) is 0 Å². The molecule has 6 heteroatoms. The maximum absolute atomic E-state index is 11.7. The summed E-state index contributed by atoms with van der Waals surface area (Å²) in [6, 6.07) is 9.60. The van der Waals surface area contributed by atoms with Crippen LogP contribution >= 0.6 is 12.4 Å². The van der Waals surface area contributed by atoms with Gasteiger partial charge in [-0.2, -0.15) is 5.10 Å². The fourth-order valence-electron chi connectivity index (χ4n) is 1.93. The average molecular weight is 309 g/mol. The van der Waals surface area contributed by atoms with Crippen molar-refractivity contribution >= 4 is 18.3 Å². The smallest absolute Gasteiger partial charge is 0.269 e. The molecule has 1 aromatic heterocycles. The highest BCUT2D eigenvalue weighted by atomic mass is 35.5. The lowest BCUT2D eigenvalue weighted by molar-refractivity contribution is 0.0946. The second-order valence-electron chi connectivity index (χ2n) is 5.11. The van der Waals surface area contributed by atoms with Crippen molar-refractivity contribution in [3.8, 4) is 0 Å². The summed E-state index contributed by atoms with van der Waals surface area (Å²) < 4.78 is 0. The number of nitrogens with zero attached hydrogens (tertiary/aromatic N) is 1. The summed E-state index contributed by atoms with van der Waals surface area (Å²) in [5.74, 6) is 0.303. The molecule has 0 aliphatic heterocycles. The second-order valence-corrected chi connectivity index (χ2v) is 5.11. The van der Waals surface area contributed by atoms with Gasteiger partial charge in [-0.25, -0.2) is 0 Å². The van der Waals surface area contributed by atoms with Gasteiger partial charge >= 0.3 is 0 Å². The molecular formula is C15H21ClN4O. The number of halogens is 1. The predicted octanol–water partition coefficient (Wildman–Crippen LogP) is 2.38. The Balaban J connectivity index is 0.00000220. The Kier molecular flexibility index (Phi) is 6.39. The van der Waals surface area contributed by atoms with Crippen molar-refractivity contribution in [1.82, 2.24) is 15.5 Å². The second kappa shape index (κ2) is 7.81. The number of hydrogen-bond donors (Lipinski definition) is 3. The van der Waals surface area contributed by atoms with Crippen molar-refractivity contribution in [1.29, 1.82) is 0 Å². The number of benzene rings is 1. The molecule has 5 nitrogen and oxygen atoms in total. The lowest BCUT2D eigenvalue weighted by Crippen LogP contribution is -2.32. The minimum absolute atomic E-state index is 0. The fourth-order valence-corrected chi connectivity index (χ4v) is 1.93. The van der Waals surface area contributed by atoms with Gasteiger partial charge in [0.25, 0.3) is 5.91 Å². The van der Waals surface area contributed by atoms with E-state index in [1.54, 1.807) is 12.3 Å². The molecule has 1 aromatic carbocycles. The first-order valence-electron chi connectivity index (χ1n) is 6.71. The predicted molar refractivity (Wildman–Crippen MR) is 85.6 cm³/mol. The minimum Gasteiger partial charge on any atom is -0.349 e. The topological polar surface area (TPSA) is 83.8 Å². The van der Waals surface area contributed by atoms with Crippen LogP contribution in [0.5, 0.6) is 0 Å². The Morgan fingerprint density at radius 2 is 1.86 bits per heavy atom. The van der Waals surface area contributed by atoms with Crippen molar-refractivity contribution in [3.05, 3.63) is 53.3 Å². The van der Waals surface area contributed by atoms with Gasteiger partial charge in [-0.15, -0.1) is 12.4 Å². The highest BCUT2D eigenvalue weighted by molar-refractivity contribution is 5.92. The zero-order valence-corrected chi connectivity index (χ0v) is 13.0. The zero-order valence-electron chi connectivity index (χ0n) is 12.2. The molecule has 1 heterocycles. The summed E-state index contributed by atoms with van der Waals surface area (Å²) in [6.07, 6.45) is 1.54. The van der Waals surface area contributed by atoms with Crippen molar-refractivity contribution in [2.45, 2.75) is 25.8 Å². The van der Waals surface area contributed by atoms with Crippen LogP contribution in [0.1, 0.15) is 47.4 Å². The maximum Gasteiger partial charge on any atom is 0.269 e. The van der Waals surface area contributed by atoms with Crippen LogP contribution < -0.4 is 11.1 Å². The van der Waals surface area contributed by atoms with Gasteiger partial charge in [0, 0.05) is 18.8 Å². The van der Waals surface area contributed by atoms with Crippen LogP contribution in [0.2, 0.25) is 0 Å². The first-order valence-corrected chi connectivity index (χ1v) is 6.71. The Bertz CT molecular complexity index is 552. The Morgan fingerprint density at radius 3 is 2.38 bits per heavy atom. The summed E-state index contributed by atoms with van der Waals surface area (Å²) in [4.78, 5) is 11.7. The van der Waals surface area contributed by atoms with E-state index in [0.717, 1.165) is 5.56 Å². The average Bonchev–Trinajstić information content (AvgIpc) is 2.98. The molecule has 2 aromatic rings. The van der Waals surface area contributed by atoms with E-state index in [0.29, 0.717) is 18.2 Å². The Morgan fingerprint density at radius 1 is 1.24 bits per heavy atom. The number of amides is 1. The van der Waals surface area contributed by atoms with Crippen molar-refractivity contribution in [2.75, 3.05) is 6.54 Å². The van der Waals surface area contributed by atoms with Crippen LogP contribution in [0.15, 0.2) is 36.5 Å². The van der Waals surface area contributed by atoms with E-state index < -0.39 is 0 Å². The number of nitrogens with one attached hydrogen (secondary N) is 2. The van der Waals surface area contributed by atoms with Crippen LogP contribution in [-0.2, 0) is 0 Å². The van der Waals surface area contributed by atoms with Gasteiger partial charge in [0.2, 0.25) is 0 Å². The first-order chi connectivity index (χ1) is 9.58. The number of nitrogens with two attached hydrogens (primary N) is 1. The molecule has 0 bridgehead atoms. The van der Waals surface area contributed by atoms with Crippen molar-refractivity contribution < 1.29 is 4.79 Å². The summed E-state index contributed by atoms with van der Waals surface area (Å²) in [7, 11) is 0. The first kappa shape index (κ1) is 17.2. The molecule has 0 fully saturated rings. The van der Waals surface area contributed by atoms with E-state index in [9.17, 15) is 4.79 Å². The number of hydrogen-bond acceptors (Lipinski definition) is 3. The minimum atomic E-state index is -0.219. The van der Waals surface area contributed by atoms with E-state index >= 15 is 0 Å². The monoisotopic (exact) mass is 308 g/mol. The van der Waals surface area contributed by atoms with Crippen LogP contribution in [0.3, 0.4) is 0 Å². The van der Waals surface area contributed by atoms with Gasteiger partial charge in [-0.3, -0.25) is 9.89 Å². The standard InChI is InChI=1S/C15H20N4O.ClH/c1-10(2)11-3-5-12(6-4-11)13(16)9-17-15(20)14-7-8-18-19-14;/h3-8,10,13H,9,16H2,1-2H3,(H,17,20)(H,18,19);1H. The molecule has 1 unspecified atom stereocenters. The van der Waals surface area contributed by atoms with Crippen LogP contribution in [0.25, 0.3) is 0 Å². The molecular weight excluding hydrogens is 288 g/mol. The number of carbonyl (C=O) groups is 1. The van der Waals surface area contributed by atoms with Gasteiger partial charge in [-0.1, -0.05) is 38.1 Å². The van der Waals surface area contributed by atoms with E-state index in [1.165, 1.54) is 5.56 Å². The molecule has 0 spiro atoms. The highest BCUT2D eigenvalue weighted by Gasteiger charge is 2.10. The number of aromatic nitrogens is 2. The summed E-state index contributed by atoms with van der Waals surface area (Å²) in [5.41, 5.74) is 8.81. The van der Waals surface area contributed by atoms with Gasteiger partial charge in [0.1, 0.15) is 5.69 Å². The number of rotatable bonds is 5. The molecule has 0 aliphatic carbocycles. The number of H-pyrrole nitrogens is 1. The third-order valence-electron chi connectivity index (χ3n) is 3.26. The molecule has 114 valence electrons. The normalized spacial score (nSPS) is 11.8. The summed E-state index contributed by atoms with van der Waals surface area (Å²) in [6.45, 7) is 4.69. The fraction of sp³-hybridized carbons (Fsp3) is 0.333. The van der Waals surface area contributed by atoms with Gasteiger partial charge in [0.15, 0.2) is 0 Å². The van der Waals surface area contributed by atoms with Crippen LogP contribution in [0, 0.1) is 0 Å². The molecule has 0 saturated carbocycles. The van der Waals surface area contributed by atoms with Crippen molar-refractivity contribution in [3.63, 3.8) is 0 Å². The molecule has 4 N–H and O–H groups in total. The highest BCUT2D eigenvalue weighted by Crippen LogP contribution is 2.17. The van der Waals surface area contributed by atoms with E-state index in [-0.39, 0.29) is 24.4 Å². The van der Waals surface area contributed by atoms with E-state index in [4.69, 9.17) is 5.73 Å². The molecule has 1 amide bonds. The SMILES string of the molecule is CC(C)c1ccc(C(N)CNC(=O)c2ccn[nH]2)cc1.Cl. The number of carbonyl (C=O) groups excluding carboxylic acids is 1. The largest absolute Gasteiger partial charge is 0.349 e. The maximum atomic E-state index is 11.7. The van der Waals surface area contributed by atoms with Gasteiger partial charge < -0.3 is 11.1 Å². The van der Waals surface area contributed by atoms with Crippen LogP contribution in [-0.4, -0.2) is 22.6 Å². The lowest BCUT2D eigenvalue weighted by Gasteiger charge is -2.14. The summed E-state index contributed by atoms with van der Waals surface area (Å²) in [5, 5.41) is 9.14. The molecule has 0 aliphatic rings.